The maximum absolute atomic E-state index is 11.3. The molecule has 0 aliphatic carbocycles. The van der Waals surface area contributed by atoms with E-state index in [1.165, 1.54) is 0 Å². The zero-order chi connectivity index (χ0) is 17.1. The standard InChI is InChI=1S/C18H21N3O3/c1-11(2)24-16-7-4-12(8-17(16)23-3)10-19-13-5-6-14-15(9-13)21-18(22)20-14/h4-9,11,19H,10H2,1-3H3,(H2,20,21,22). The van der Waals surface area contributed by atoms with Crippen LogP contribution in [-0.4, -0.2) is 23.2 Å². The van der Waals surface area contributed by atoms with Crippen LogP contribution in [0.3, 0.4) is 0 Å². The van der Waals surface area contributed by atoms with E-state index in [2.05, 4.69) is 15.3 Å². The molecule has 0 fully saturated rings. The van der Waals surface area contributed by atoms with Gasteiger partial charge in [0.2, 0.25) is 0 Å². The van der Waals surface area contributed by atoms with Gasteiger partial charge in [-0.3, -0.25) is 0 Å². The number of nitrogens with one attached hydrogen (secondary N) is 3. The Morgan fingerprint density at radius 2 is 1.83 bits per heavy atom. The first kappa shape index (κ1) is 16.0. The number of hydrogen-bond donors (Lipinski definition) is 3. The molecule has 0 saturated heterocycles. The predicted molar refractivity (Wildman–Crippen MR) is 95.0 cm³/mol. The molecule has 0 radical (unpaired) electrons. The van der Waals surface area contributed by atoms with Crippen LogP contribution in [0.2, 0.25) is 0 Å². The minimum atomic E-state index is -0.201. The van der Waals surface area contributed by atoms with Crippen molar-refractivity contribution < 1.29 is 9.47 Å². The van der Waals surface area contributed by atoms with E-state index < -0.39 is 0 Å². The molecule has 2 aromatic carbocycles. The van der Waals surface area contributed by atoms with Gasteiger partial charge in [-0.1, -0.05) is 6.07 Å². The number of imidazole rings is 1. The Labute approximate surface area is 139 Å². The molecule has 6 heteroatoms. The largest absolute Gasteiger partial charge is 0.493 e. The lowest BCUT2D eigenvalue weighted by Crippen LogP contribution is -2.07. The molecule has 0 aliphatic heterocycles. The summed E-state index contributed by atoms with van der Waals surface area (Å²) in [5.41, 5.74) is 3.38. The number of methoxy groups -OCH3 is 1. The van der Waals surface area contributed by atoms with Crippen molar-refractivity contribution in [2.45, 2.75) is 26.5 Å². The van der Waals surface area contributed by atoms with Crippen LogP contribution in [-0.2, 0) is 6.54 Å². The summed E-state index contributed by atoms with van der Waals surface area (Å²) < 4.78 is 11.1. The molecule has 1 heterocycles. The molecular weight excluding hydrogens is 306 g/mol. The second-order valence-electron chi connectivity index (χ2n) is 5.84. The predicted octanol–water partition coefficient (Wildman–Crippen LogP) is 3.26. The Kier molecular flexibility index (Phi) is 4.46. The van der Waals surface area contributed by atoms with Crippen LogP contribution in [0, 0.1) is 0 Å². The molecule has 6 nitrogen and oxygen atoms in total. The molecular formula is C18H21N3O3. The van der Waals surface area contributed by atoms with E-state index in [-0.39, 0.29) is 11.8 Å². The summed E-state index contributed by atoms with van der Waals surface area (Å²) in [4.78, 5) is 16.8. The summed E-state index contributed by atoms with van der Waals surface area (Å²) in [6.45, 7) is 4.60. The lowest BCUT2D eigenvalue weighted by molar-refractivity contribution is 0.230. The first-order chi connectivity index (χ1) is 11.5. The van der Waals surface area contributed by atoms with Crippen molar-refractivity contribution in [3.63, 3.8) is 0 Å². The Bertz CT molecular complexity index is 896. The number of H-pyrrole nitrogens is 2. The summed E-state index contributed by atoms with van der Waals surface area (Å²) in [7, 11) is 1.63. The zero-order valence-electron chi connectivity index (χ0n) is 14.0. The van der Waals surface area contributed by atoms with Gasteiger partial charge in [0.1, 0.15) is 0 Å². The fourth-order valence-electron chi connectivity index (χ4n) is 2.52. The number of aromatic nitrogens is 2. The molecule has 0 spiro atoms. The minimum absolute atomic E-state index is 0.0955. The van der Waals surface area contributed by atoms with Gasteiger partial charge >= 0.3 is 5.69 Å². The number of fused-ring (bicyclic) bond motifs is 1. The van der Waals surface area contributed by atoms with Crippen LogP contribution in [0.25, 0.3) is 11.0 Å². The number of hydrogen-bond acceptors (Lipinski definition) is 4. The SMILES string of the molecule is COc1cc(CNc2ccc3[nH]c(=O)[nH]c3c2)ccc1OC(C)C. The normalized spacial score (nSPS) is 11.0. The molecule has 0 atom stereocenters. The second-order valence-corrected chi connectivity index (χ2v) is 5.84. The highest BCUT2D eigenvalue weighted by molar-refractivity contribution is 5.78. The van der Waals surface area contributed by atoms with E-state index in [4.69, 9.17) is 9.47 Å². The Morgan fingerprint density at radius 3 is 2.58 bits per heavy atom. The van der Waals surface area contributed by atoms with Crippen molar-refractivity contribution in [1.29, 1.82) is 0 Å². The van der Waals surface area contributed by atoms with E-state index in [0.29, 0.717) is 12.3 Å². The van der Waals surface area contributed by atoms with Crippen LogP contribution in [0.15, 0.2) is 41.2 Å². The molecule has 24 heavy (non-hydrogen) atoms. The first-order valence-corrected chi connectivity index (χ1v) is 7.84. The zero-order valence-corrected chi connectivity index (χ0v) is 14.0. The van der Waals surface area contributed by atoms with Crippen molar-refractivity contribution in [3.05, 3.63) is 52.4 Å². The first-order valence-electron chi connectivity index (χ1n) is 7.84. The number of rotatable bonds is 6. The molecule has 0 unspecified atom stereocenters. The molecule has 1 aromatic heterocycles. The highest BCUT2D eigenvalue weighted by Gasteiger charge is 2.08. The summed E-state index contributed by atoms with van der Waals surface area (Å²) >= 11 is 0. The van der Waals surface area contributed by atoms with Crippen molar-refractivity contribution in [2.24, 2.45) is 0 Å². The fourth-order valence-corrected chi connectivity index (χ4v) is 2.52. The number of aromatic amines is 2. The van der Waals surface area contributed by atoms with Gasteiger partial charge in [0, 0.05) is 12.2 Å². The molecule has 0 aliphatic rings. The van der Waals surface area contributed by atoms with E-state index in [1.54, 1.807) is 7.11 Å². The second kappa shape index (κ2) is 6.70. The third kappa shape index (κ3) is 3.53. The van der Waals surface area contributed by atoms with Crippen molar-refractivity contribution in [3.8, 4) is 11.5 Å². The number of benzene rings is 2. The lowest BCUT2D eigenvalue weighted by Gasteiger charge is -2.15. The topological polar surface area (TPSA) is 79.1 Å². The van der Waals surface area contributed by atoms with Gasteiger partial charge in [-0.2, -0.15) is 0 Å². The van der Waals surface area contributed by atoms with Crippen molar-refractivity contribution in [2.75, 3.05) is 12.4 Å². The van der Waals surface area contributed by atoms with Crippen molar-refractivity contribution >= 4 is 16.7 Å². The van der Waals surface area contributed by atoms with Crippen LogP contribution in [0.4, 0.5) is 5.69 Å². The van der Waals surface area contributed by atoms with Crippen molar-refractivity contribution in [1.82, 2.24) is 9.97 Å². The van der Waals surface area contributed by atoms with Gasteiger partial charge in [-0.15, -0.1) is 0 Å². The highest BCUT2D eigenvalue weighted by atomic mass is 16.5. The number of anilines is 1. The quantitative estimate of drug-likeness (QED) is 0.649. The van der Waals surface area contributed by atoms with Gasteiger partial charge < -0.3 is 24.8 Å². The monoisotopic (exact) mass is 327 g/mol. The van der Waals surface area contributed by atoms with Gasteiger partial charge in [-0.25, -0.2) is 4.79 Å². The lowest BCUT2D eigenvalue weighted by atomic mass is 10.2. The van der Waals surface area contributed by atoms with E-state index in [9.17, 15) is 4.79 Å². The van der Waals surface area contributed by atoms with Gasteiger partial charge in [0.25, 0.3) is 0 Å². The van der Waals surface area contributed by atoms with Crippen LogP contribution < -0.4 is 20.5 Å². The Balaban J connectivity index is 1.74. The Hall–Kier alpha value is -2.89. The maximum Gasteiger partial charge on any atom is 0.323 e. The van der Waals surface area contributed by atoms with Crippen LogP contribution in [0.5, 0.6) is 11.5 Å². The average molecular weight is 327 g/mol. The van der Waals surface area contributed by atoms with Gasteiger partial charge in [-0.05, 0) is 49.7 Å². The third-order valence-corrected chi connectivity index (χ3v) is 3.60. The van der Waals surface area contributed by atoms with Crippen LogP contribution in [0.1, 0.15) is 19.4 Å². The maximum atomic E-state index is 11.3. The number of ether oxygens (including phenoxy) is 2. The van der Waals surface area contributed by atoms with Gasteiger partial charge in [0.15, 0.2) is 11.5 Å². The van der Waals surface area contributed by atoms with E-state index in [0.717, 1.165) is 28.0 Å². The highest BCUT2D eigenvalue weighted by Crippen LogP contribution is 2.29. The molecule has 0 bridgehead atoms. The summed E-state index contributed by atoms with van der Waals surface area (Å²) in [5, 5.41) is 3.34. The smallest absolute Gasteiger partial charge is 0.323 e. The molecule has 0 amide bonds. The summed E-state index contributed by atoms with van der Waals surface area (Å²) in [6.07, 6.45) is 0.0955. The van der Waals surface area contributed by atoms with E-state index >= 15 is 0 Å². The molecule has 3 N–H and O–H groups in total. The van der Waals surface area contributed by atoms with Gasteiger partial charge in [0.05, 0.1) is 24.2 Å². The molecule has 0 saturated carbocycles. The summed E-state index contributed by atoms with van der Waals surface area (Å²) in [6, 6.07) is 11.6. The Morgan fingerprint density at radius 1 is 1.04 bits per heavy atom. The fraction of sp³-hybridized carbons (Fsp3) is 0.278. The third-order valence-electron chi connectivity index (χ3n) is 3.60. The summed E-state index contributed by atoms with van der Waals surface area (Å²) in [5.74, 6) is 1.45. The molecule has 3 aromatic rings. The van der Waals surface area contributed by atoms with E-state index in [1.807, 2.05) is 50.2 Å². The molecule has 3 rings (SSSR count). The van der Waals surface area contributed by atoms with Crippen LogP contribution >= 0.6 is 0 Å². The minimum Gasteiger partial charge on any atom is -0.493 e. The average Bonchev–Trinajstić information content (AvgIpc) is 2.92. The molecule has 126 valence electrons.